The molecule has 0 saturated heterocycles. The molecule has 2 aromatic carbocycles. The number of nitrogens with two attached hydrogens (primary N) is 1. The number of hydrogen-bond acceptors (Lipinski definition) is 6. The van der Waals surface area contributed by atoms with Gasteiger partial charge < -0.3 is 10.2 Å². The number of rotatable bonds is 5. The van der Waals surface area contributed by atoms with Gasteiger partial charge in [-0.05, 0) is 30.7 Å². The number of fused-ring (bicyclic) bond motifs is 1. The van der Waals surface area contributed by atoms with Gasteiger partial charge in [-0.2, -0.15) is 4.39 Å². The highest BCUT2D eigenvalue weighted by Gasteiger charge is 2.25. The van der Waals surface area contributed by atoms with Crippen molar-refractivity contribution in [3.63, 3.8) is 0 Å². The van der Waals surface area contributed by atoms with Gasteiger partial charge in [0.15, 0.2) is 5.58 Å². The van der Waals surface area contributed by atoms with Crippen molar-refractivity contribution in [1.82, 2.24) is 9.55 Å². The van der Waals surface area contributed by atoms with Crippen LogP contribution in [0.4, 0.5) is 14.6 Å². The summed E-state index contributed by atoms with van der Waals surface area (Å²) < 4.78 is 62.2. The predicted molar refractivity (Wildman–Crippen MR) is 122 cm³/mol. The van der Waals surface area contributed by atoms with Crippen LogP contribution in [-0.4, -0.2) is 24.5 Å². The van der Waals surface area contributed by atoms with Crippen molar-refractivity contribution in [2.75, 3.05) is 11.3 Å². The van der Waals surface area contributed by atoms with Gasteiger partial charge in [0, 0.05) is 17.7 Å². The Balaban J connectivity index is 1.79. The van der Waals surface area contributed by atoms with Crippen LogP contribution < -0.4 is 16.2 Å². The van der Waals surface area contributed by atoms with Crippen LogP contribution in [0.15, 0.2) is 68.7 Å². The van der Waals surface area contributed by atoms with Crippen molar-refractivity contribution in [2.45, 2.75) is 17.9 Å². The van der Waals surface area contributed by atoms with Gasteiger partial charge in [-0.25, -0.2) is 22.6 Å². The van der Waals surface area contributed by atoms with Crippen LogP contribution in [0, 0.1) is 23.6 Å². The molecule has 0 fully saturated rings. The maximum Gasteiger partial charge on any atom is 0.420 e. The lowest BCUT2D eigenvalue weighted by Gasteiger charge is -2.15. The zero-order valence-corrected chi connectivity index (χ0v) is 18.6. The maximum absolute atomic E-state index is 15.0. The molecular weight excluding hydrogens is 466 g/mol. The highest BCUT2D eigenvalue weighted by atomic mass is 32.2. The molecule has 3 N–H and O–H groups in total. The molecule has 0 amide bonds. The Morgan fingerprint density at radius 1 is 1.18 bits per heavy atom. The summed E-state index contributed by atoms with van der Waals surface area (Å²) >= 11 is 0. The summed E-state index contributed by atoms with van der Waals surface area (Å²) in [6, 6.07) is 11.7. The van der Waals surface area contributed by atoms with E-state index in [0.717, 1.165) is 18.2 Å². The molecule has 8 nitrogen and oxygen atoms in total. The molecular formula is C23H18F2N4O4S. The van der Waals surface area contributed by atoms with Gasteiger partial charge in [0.25, 0.3) is 10.0 Å². The first-order valence-corrected chi connectivity index (χ1v) is 11.5. The first-order chi connectivity index (χ1) is 16.2. The van der Waals surface area contributed by atoms with Crippen LogP contribution >= 0.6 is 0 Å². The zero-order valence-electron chi connectivity index (χ0n) is 17.7. The molecule has 0 radical (unpaired) electrons. The lowest BCUT2D eigenvalue weighted by atomic mass is 10.0. The normalized spacial score (nSPS) is 12.2. The minimum atomic E-state index is -4.50. The minimum Gasteiger partial charge on any atom is -0.408 e. The van der Waals surface area contributed by atoms with Crippen molar-refractivity contribution in [1.29, 1.82) is 0 Å². The maximum atomic E-state index is 15.0. The SMILES string of the molecule is CC(c1ccccc1C#CCN)n1c(=O)oc2cc(S(=O)(=O)Nc3cccc(F)n3)c(F)cc21. The third-order valence-electron chi connectivity index (χ3n) is 5.03. The van der Waals surface area contributed by atoms with Crippen LogP contribution in [0.3, 0.4) is 0 Å². The number of pyridine rings is 1. The van der Waals surface area contributed by atoms with E-state index < -0.39 is 38.5 Å². The average Bonchev–Trinajstić information content (AvgIpc) is 3.11. The van der Waals surface area contributed by atoms with E-state index in [1.54, 1.807) is 31.2 Å². The highest BCUT2D eigenvalue weighted by Crippen LogP contribution is 2.28. The average molecular weight is 484 g/mol. The third kappa shape index (κ3) is 4.41. The van der Waals surface area contributed by atoms with Gasteiger partial charge in [0.1, 0.15) is 16.5 Å². The molecule has 0 saturated carbocycles. The first kappa shape index (κ1) is 23.2. The van der Waals surface area contributed by atoms with E-state index in [1.165, 1.54) is 16.7 Å². The van der Waals surface area contributed by atoms with Crippen molar-refractivity contribution in [3.8, 4) is 11.8 Å². The Bertz CT molecular complexity index is 1620. The van der Waals surface area contributed by atoms with Crippen molar-refractivity contribution in [2.24, 2.45) is 5.73 Å². The van der Waals surface area contributed by atoms with E-state index in [0.29, 0.717) is 11.1 Å². The summed E-state index contributed by atoms with van der Waals surface area (Å²) in [6.07, 6.45) is 0. The van der Waals surface area contributed by atoms with Crippen LogP contribution in [-0.2, 0) is 10.0 Å². The molecule has 1 unspecified atom stereocenters. The summed E-state index contributed by atoms with van der Waals surface area (Å²) in [5.41, 5.74) is 6.67. The molecule has 2 aromatic heterocycles. The van der Waals surface area contributed by atoms with Crippen LogP contribution in [0.5, 0.6) is 0 Å². The summed E-state index contributed by atoms with van der Waals surface area (Å²) in [4.78, 5) is 15.3. The number of oxazole rings is 1. The van der Waals surface area contributed by atoms with Crippen LogP contribution in [0.1, 0.15) is 24.1 Å². The van der Waals surface area contributed by atoms with Crippen molar-refractivity contribution >= 4 is 26.9 Å². The van der Waals surface area contributed by atoms with E-state index in [-0.39, 0.29) is 23.5 Å². The van der Waals surface area contributed by atoms with Crippen LogP contribution in [0.2, 0.25) is 0 Å². The fraction of sp³-hybridized carbons (Fsp3) is 0.130. The Kier molecular flexibility index (Phi) is 6.19. The van der Waals surface area contributed by atoms with E-state index >= 15 is 0 Å². The lowest BCUT2D eigenvalue weighted by molar-refractivity contribution is 0.489. The highest BCUT2D eigenvalue weighted by molar-refractivity contribution is 7.92. The summed E-state index contributed by atoms with van der Waals surface area (Å²) in [6.45, 7) is 1.86. The summed E-state index contributed by atoms with van der Waals surface area (Å²) in [5.74, 6) is 2.51. The molecule has 4 rings (SSSR count). The number of hydrogen-bond donors (Lipinski definition) is 2. The molecule has 1 atom stereocenters. The topological polar surface area (TPSA) is 120 Å². The molecule has 0 bridgehead atoms. The van der Waals surface area contributed by atoms with Crippen molar-refractivity contribution < 1.29 is 21.6 Å². The molecule has 4 aromatic rings. The number of anilines is 1. The molecule has 2 heterocycles. The third-order valence-corrected chi connectivity index (χ3v) is 6.40. The largest absolute Gasteiger partial charge is 0.420 e. The number of nitrogens with one attached hydrogen (secondary N) is 1. The van der Waals surface area contributed by atoms with E-state index in [4.69, 9.17) is 10.2 Å². The molecule has 11 heteroatoms. The lowest BCUT2D eigenvalue weighted by Crippen LogP contribution is -2.20. The van der Waals surface area contributed by atoms with Gasteiger partial charge in [0.05, 0.1) is 18.1 Å². The molecule has 0 spiro atoms. The number of halogens is 2. The Hall–Kier alpha value is -4.01. The van der Waals surface area contributed by atoms with Crippen LogP contribution in [0.25, 0.3) is 11.1 Å². The Morgan fingerprint density at radius 3 is 2.68 bits per heavy atom. The molecule has 34 heavy (non-hydrogen) atoms. The Labute approximate surface area is 193 Å². The summed E-state index contributed by atoms with van der Waals surface area (Å²) in [5, 5.41) is 0. The fourth-order valence-electron chi connectivity index (χ4n) is 3.53. The fourth-order valence-corrected chi connectivity index (χ4v) is 4.60. The van der Waals surface area contributed by atoms with Gasteiger partial charge >= 0.3 is 5.76 Å². The number of nitrogens with zero attached hydrogens (tertiary/aromatic N) is 2. The van der Waals surface area contributed by atoms with Gasteiger partial charge in [-0.15, -0.1) is 0 Å². The smallest absolute Gasteiger partial charge is 0.408 e. The molecule has 0 aliphatic heterocycles. The van der Waals surface area contributed by atoms with Gasteiger partial charge in [-0.3, -0.25) is 9.29 Å². The quantitative estimate of drug-likeness (QED) is 0.332. The summed E-state index contributed by atoms with van der Waals surface area (Å²) in [7, 11) is -4.50. The van der Waals surface area contributed by atoms with E-state index in [1.807, 2.05) is 4.72 Å². The Morgan fingerprint density at radius 2 is 1.94 bits per heavy atom. The second-order valence-electron chi connectivity index (χ2n) is 7.21. The number of sulfonamides is 1. The van der Waals surface area contributed by atoms with Crippen molar-refractivity contribution in [3.05, 3.63) is 88.0 Å². The van der Waals surface area contributed by atoms with Gasteiger partial charge in [0.2, 0.25) is 5.95 Å². The molecule has 0 aliphatic carbocycles. The second kappa shape index (κ2) is 9.09. The predicted octanol–water partition coefficient (Wildman–Crippen LogP) is 2.99. The standard InChI is InChI=1S/C23H18F2N4O4S/c1-14(16-8-3-2-6-15(16)7-5-11-26)29-18-12-17(24)20(13-19(18)33-23(29)30)34(31,32)28-22-10-4-9-21(25)27-22/h2-4,6,8-10,12-14H,11,26H2,1H3,(H,27,28). The number of benzene rings is 2. The van der Waals surface area contributed by atoms with E-state index in [2.05, 4.69) is 16.8 Å². The minimum absolute atomic E-state index is 0.0550. The van der Waals surface area contributed by atoms with E-state index in [9.17, 15) is 22.0 Å². The first-order valence-electron chi connectivity index (χ1n) is 9.99. The zero-order chi connectivity index (χ0) is 24.5. The second-order valence-corrected chi connectivity index (χ2v) is 8.86. The van der Waals surface area contributed by atoms with Gasteiger partial charge in [-0.1, -0.05) is 36.1 Å². The monoisotopic (exact) mass is 484 g/mol. The molecule has 0 aliphatic rings. The number of aromatic nitrogens is 2. The molecule has 174 valence electrons.